The van der Waals surface area contributed by atoms with Gasteiger partial charge in [-0.05, 0) is 41.8 Å². The molecule has 20 heavy (non-hydrogen) atoms. The van der Waals surface area contributed by atoms with Gasteiger partial charge >= 0.3 is 0 Å². The number of amides is 1. The van der Waals surface area contributed by atoms with Gasteiger partial charge in [0.15, 0.2) is 0 Å². The Balaban J connectivity index is 2.01. The third-order valence-corrected chi connectivity index (χ3v) is 3.64. The van der Waals surface area contributed by atoms with Crippen molar-refractivity contribution in [1.82, 2.24) is 4.98 Å². The smallest absolute Gasteiger partial charge is 0.252 e. The summed E-state index contributed by atoms with van der Waals surface area (Å²) in [6.07, 6.45) is 1.70. The lowest BCUT2D eigenvalue weighted by Crippen LogP contribution is -2.23. The van der Waals surface area contributed by atoms with Gasteiger partial charge < -0.3 is 16.4 Å². The fourth-order valence-corrected chi connectivity index (χ4v) is 2.65. The summed E-state index contributed by atoms with van der Waals surface area (Å²) in [4.78, 5) is 18.1. The fraction of sp³-hybridized carbons (Fsp3) is 0.200. The molecule has 0 bridgehead atoms. The number of anilines is 2. The lowest BCUT2D eigenvalue weighted by atomic mass is 10.1. The van der Waals surface area contributed by atoms with Gasteiger partial charge in [0, 0.05) is 25.0 Å². The second-order valence-electron chi connectivity index (χ2n) is 5.07. The zero-order valence-corrected chi connectivity index (χ0v) is 11.3. The zero-order chi connectivity index (χ0) is 14.3. The molecule has 5 nitrogen and oxygen atoms in total. The van der Waals surface area contributed by atoms with Gasteiger partial charge in [0.05, 0.1) is 5.56 Å². The first kappa shape index (κ1) is 12.5. The van der Waals surface area contributed by atoms with Crippen molar-refractivity contribution in [3.8, 4) is 0 Å². The minimum atomic E-state index is -0.443. The van der Waals surface area contributed by atoms with E-state index in [-0.39, 0.29) is 0 Å². The second-order valence-corrected chi connectivity index (χ2v) is 5.07. The van der Waals surface area contributed by atoms with Gasteiger partial charge in [-0.25, -0.2) is 4.98 Å². The van der Waals surface area contributed by atoms with Crippen molar-refractivity contribution in [2.75, 3.05) is 10.6 Å². The molecule has 0 unspecified atom stereocenters. The van der Waals surface area contributed by atoms with E-state index in [0.29, 0.717) is 24.5 Å². The van der Waals surface area contributed by atoms with Crippen molar-refractivity contribution >= 4 is 17.4 Å². The number of nitrogen functional groups attached to an aromatic ring is 1. The Bertz CT molecular complexity index is 696. The van der Waals surface area contributed by atoms with Crippen LogP contribution in [-0.4, -0.2) is 10.9 Å². The van der Waals surface area contributed by atoms with Crippen LogP contribution < -0.4 is 16.4 Å². The molecule has 1 aromatic carbocycles. The summed E-state index contributed by atoms with van der Waals surface area (Å²) >= 11 is 0. The third-order valence-electron chi connectivity index (χ3n) is 3.64. The van der Waals surface area contributed by atoms with E-state index in [2.05, 4.69) is 9.88 Å². The van der Waals surface area contributed by atoms with E-state index >= 15 is 0 Å². The van der Waals surface area contributed by atoms with E-state index in [1.54, 1.807) is 12.3 Å². The van der Waals surface area contributed by atoms with Crippen molar-refractivity contribution in [2.45, 2.75) is 20.0 Å². The van der Waals surface area contributed by atoms with Gasteiger partial charge in [0.2, 0.25) is 0 Å². The Labute approximate surface area is 117 Å². The van der Waals surface area contributed by atoms with Crippen molar-refractivity contribution in [3.05, 3.63) is 52.7 Å². The lowest BCUT2D eigenvalue weighted by molar-refractivity contribution is 0.1000. The number of aryl methyl sites for hydroxylation is 1. The Kier molecular flexibility index (Phi) is 2.82. The van der Waals surface area contributed by atoms with Crippen LogP contribution in [0.4, 0.5) is 11.5 Å². The van der Waals surface area contributed by atoms with Crippen molar-refractivity contribution in [3.63, 3.8) is 0 Å². The standard InChI is InChI=1S/C15H16N4O/c1-9-4-5-18-15(13(9)14(17)20)19-7-10-2-3-12(16)6-11(10)8-19/h2-6H,7-8,16H2,1H3,(H2,17,20). The minimum Gasteiger partial charge on any atom is -0.399 e. The highest BCUT2D eigenvalue weighted by atomic mass is 16.1. The van der Waals surface area contributed by atoms with Gasteiger partial charge in [0.25, 0.3) is 5.91 Å². The van der Waals surface area contributed by atoms with Crippen LogP contribution in [0.1, 0.15) is 27.0 Å². The largest absolute Gasteiger partial charge is 0.399 e. The zero-order valence-electron chi connectivity index (χ0n) is 11.3. The summed E-state index contributed by atoms with van der Waals surface area (Å²) in [5, 5.41) is 0. The third kappa shape index (κ3) is 1.97. The Morgan fingerprint density at radius 3 is 2.75 bits per heavy atom. The molecule has 4 N–H and O–H groups in total. The average molecular weight is 268 g/mol. The molecule has 3 rings (SSSR count). The molecule has 0 spiro atoms. The molecule has 0 saturated carbocycles. The number of nitrogens with two attached hydrogens (primary N) is 2. The SMILES string of the molecule is Cc1ccnc(N2Cc3ccc(N)cc3C2)c1C(N)=O. The lowest BCUT2D eigenvalue weighted by Gasteiger charge is -2.19. The number of carbonyl (C=O) groups is 1. The van der Waals surface area contributed by atoms with Crippen molar-refractivity contribution in [2.24, 2.45) is 5.73 Å². The van der Waals surface area contributed by atoms with Crippen LogP contribution >= 0.6 is 0 Å². The Morgan fingerprint density at radius 2 is 2.00 bits per heavy atom. The van der Waals surface area contributed by atoms with Crippen molar-refractivity contribution in [1.29, 1.82) is 0 Å². The summed E-state index contributed by atoms with van der Waals surface area (Å²) in [7, 11) is 0. The van der Waals surface area contributed by atoms with Crippen LogP contribution in [-0.2, 0) is 13.1 Å². The quantitative estimate of drug-likeness (QED) is 0.810. The number of pyridine rings is 1. The maximum absolute atomic E-state index is 11.7. The molecule has 5 heteroatoms. The van der Waals surface area contributed by atoms with Crippen LogP contribution in [0, 0.1) is 6.92 Å². The molecule has 2 heterocycles. The molecule has 1 amide bonds. The highest BCUT2D eigenvalue weighted by molar-refractivity contribution is 5.99. The van der Waals surface area contributed by atoms with Crippen LogP contribution in [0.15, 0.2) is 30.5 Å². The number of rotatable bonds is 2. The van der Waals surface area contributed by atoms with Gasteiger partial charge in [0.1, 0.15) is 5.82 Å². The molecule has 0 atom stereocenters. The maximum atomic E-state index is 11.7. The number of hydrogen-bond donors (Lipinski definition) is 2. The highest BCUT2D eigenvalue weighted by Crippen LogP contribution is 2.31. The van der Waals surface area contributed by atoms with Crippen LogP contribution in [0.2, 0.25) is 0 Å². The van der Waals surface area contributed by atoms with E-state index in [1.165, 1.54) is 11.1 Å². The van der Waals surface area contributed by atoms with Gasteiger partial charge in [-0.2, -0.15) is 0 Å². The van der Waals surface area contributed by atoms with Crippen LogP contribution in [0.25, 0.3) is 0 Å². The Morgan fingerprint density at radius 1 is 1.25 bits per heavy atom. The predicted molar refractivity (Wildman–Crippen MR) is 78.2 cm³/mol. The molecule has 0 aliphatic carbocycles. The van der Waals surface area contributed by atoms with Crippen molar-refractivity contribution < 1.29 is 4.79 Å². The number of benzene rings is 1. The molecule has 0 saturated heterocycles. The van der Waals surface area contributed by atoms with Crippen LogP contribution in [0.3, 0.4) is 0 Å². The van der Waals surface area contributed by atoms with E-state index in [4.69, 9.17) is 11.5 Å². The number of nitrogens with zero attached hydrogens (tertiary/aromatic N) is 2. The van der Waals surface area contributed by atoms with E-state index in [0.717, 1.165) is 11.3 Å². The number of aromatic nitrogens is 1. The summed E-state index contributed by atoms with van der Waals surface area (Å²) in [6, 6.07) is 7.67. The summed E-state index contributed by atoms with van der Waals surface area (Å²) in [5.41, 5.74) is 15.8. The molecule has 0 fully saturated rings. The topological polar surface area (TPSA) is 85.2 Å². The molecule has 1 aliphatic rings. The van der Waals surface area contributed by atoms with Gasteiger partial charge in [-0.1, -0.05) is 6.07 Å². The second kappa shape index (κ2) is 4.52. The molecule has 0 radical (unpaired) electrons. The van der Waals surface area contributed by atoms with E-state index in [9.17, 15) is 4.79 Å². The number of primary amides is 1. The summed E-state index contributed by atoms with van der Waals surface area (Å²) in [5.74, 6) is 0.202. The highest BCUT2D eigenvalue weighted by Gasteiger charge is 2.24. The molecular formula is C15H16N4O. The molecule has 2 aromatic rings. The minimum absolute atomic E-state index is 0.443. The fourth-order valence-electron chi connectivity index (χ4n) is 2.65. The summed E-state index contributed by atoms with van der Waals surface area (Å²) < 4.78 is 0. The molecule has 1 aliphatic heterocycles. The monoisotopic (exact) mass is 268 g/mol. The van der Waals surface area contributed by atoms with Crippen LogP contribution in [0.5, 0.6) is 0 Å². The molecular weight excluding hydrogens is 252 g/mol. The Hall–Kier alpha value is -2.56. The first-order chi connectivity index (χ1) is 9.56. The number of fused-ring (bicyclic) bond motifs is 1. The average Bonchev–Trinajstić information content (AvgIpc) is 2.80. The summed E-state index contributed by atoms with van der Waals surface area (Å²) in [6.45, 7) is 3.27. The van der Waals surface area contributed by atoms with E-state index in [1.807, 2.05) is 25.1 Å². The van der Waals surface area contributed by atoms with Gasteiger partial charge in [-0.15, -0.1) is 0 Å². The van der Waals surface area contributed by atoms with Gasteiger partial charge in [-0.3, -0.25) is 4.79 Å². The normalized spacial score (nSPS) is 13.3. The maximum Gasteiger partial charge on any atom is 0.252 e. The number of hydrogen-bond acceptors (Lipinski definition) is 4. The molecule has 102 valence electrons. The predicted octanol–water partition coefficient (Wildman–Crippen LogP) is 1.59. The first-order valence-electron chi connectivity index (χ1n) is 6.44. The first-order valence-corrected chi connectivity index (χ1v) is 6.44. The van der Waals surface area contributed by atoms with E-state index < -0.39 is 5.91 Å². The number of carbonyl (C=O) groups excluding carboxylic acids is 1. The molecule has 1 aromatic heterocycles.